The van der Waals surface area contributed by atoms with Crippen LogP contribution in [-0.2, 0) is 14.3 Å². The summed E-state index contributed by atoms with van der Waals surface area (Å²) < 4.78 is 5.74. The van der Waals surface area contributed by atoms with Crippen LogP contribution in [0.15, 0.2) is 54.7 Å². The maximum absolute atomic E-state index is 12.1. The number of pyridine rings is 1. The van der Waals surface area contributed by atoms with Gasteiger partial charge in [-0.3, -0.25) is 9.59 Å². The van der Waals surface area contributed by atoms with Crippen LogP contribution in [0.2, 0.25) is 0 Å². The number of ether oxygens (including phenoxy) is 1. The highest BCUT2D eigenvalue weighted by molar-refractivity contribution is 5.97. The van der Waals surface area contributed by atoms with Gasteiger partial charge < -0.3 is 20.3 Å². The first-order valence-corrected chi connectivity index (χ1v) is 9.67. The Kier molecular flexibility index (Phi) is 6.97. The Morgan fingerprint density at radius 1 is 1.14 bits per heavy atom. The molecule has 1 aromatic carbocycles. The fraction of sp³-hybridized carbons (Fsp3) is 0.318. The molecule has 0 aliphatic carbocycles. The molecule has 1 aromatic heterocycles. The summed E-state index contributed by atoms with van der Waals surface area (Å²) in [6.45, 7) is 5.54. The van der Waals surface area contributed by atoms with Crippen molar-refractivity contribution in [3.05, 3.63) is 60.3 Å². The summed E-state index contributed by atoms with van der Waals surface area (Å²) in [5.41, 5.74) is 1.50. The molecule has 2 amide bonds. The lowest BCUT2D eigenvalue weighted by atomic mass is 10.2. The molecule has 7 nitrogen and oxygen atoms in total. The zero-order valence-corrected chi connectivity index (χ0v) is 16.7. The van der Waals surface area contributed by atoms with Gasteiger partial charge in [-0.15, -0.1) is 0 Å². The molecule has 1 aliphatic rings. The minimum Gasteiger partial charge on any atom is -0.372 e. The van der Waals surface area contributed by atoms with Crippen LogP contribution in [0.1, 0.15) is 19.4 Å². The maximum atomic E-state index is 12.1. The predicted octanol–water partition coefficient (Wildman–Crippen LogP) is 2.46. The summed E-state index contributed by atoms with van der Waals surface area (Å²) in [7, 11) is 0. The Balaban J connectivity index is 1.45. The van der Waals surface area contributed by atoms with Gasteiger partial charge in [-0.05, 0) is 37.6 Å². The highest BCUT2D eigenvalue weighted by Crippen LogP contribution is 2.19. The van der Waals surface area contributed by atoms with Crippen LogP contribution in [-0.4, -0.2) is 48.6 Å². The van der Waals surface area contributed by atoms with Crippen molar-refractivity contribution < 1.29 is 14.3 Å². The third-order valence-corrected chi connectivity index (χ3v) is 4.43. The highest BCUT2D eigenvalue weighted by atomic mass is 16.5. The van der Waals surface area contributed by atoms with E-state index in [1.807, 2.05) is 56.3 Å². The van der Waals surface area contributed by atoms with Crippen molar-refractivity contribution in [3.8, 4) is 0 Å². The fourth-order valence-electron chi connectivity index (χ4n) is 3.18. The lowest BCUT2D eigenvalue weighted by Gasteiger charge is -2.36. The van der Waals surface area contributed by atoms with Gasteiger partial charge >= 0.3 is 0 Å². The number of carbonyl (C=O) groups is 2. The second-order valence-corrected chi connectivity index (χ2v) is 7.08. The van der Waals surface area contributed by atoms with Gasteiger partial charge in [-0.25, -0.2) is 4.98 Å². The van der Waals surface area contributed by atoms with E-state index in [4.69, 9.17) is 4.74 Å². The van der Waals surface area contributed by atoms with Crippen molar-refractivity contribution in [1.29, 1.82) is 0 Å². The second-order valence-electron chi connectivity index (χ2n) is 7.08. The quantitative estimate of drug-likeness (QED) is 0.736. The lowest BCUT2D eigenvalue weighted by Crippen LogP contribution is -2.45. The number of aromatic nitrogens is 1. The number of rotatable bonds is 6. The first-order valence-electron chi connectivity index (χ1n) is 9.67. The number of hydrogen-bond donors (Lipinski definition) is 2. The minimum absolute atomic E-state index is 0.113. The highest BCUT2D eigenvalue weighted by Gasteiger charge is 2.23. The molecule has 1 fully saturated rings. The first kappa shape index (κ1) is 20.5. The van der Waals surface area contributed by atoms with Gasteiger partial charge in [0.2, 0.25) is 11.8 Å². The molecule has 2 atom stereocenters. The van der Waals surface area contributed by atoms with Crippen molar-refractivity contribution in [3.63, 3.8) is 0 Å². The lowest BCUT2D eigenvalue weighted by molar-refractivity contribution is -0.121. The number of nitrogens with zero attached hydrogens (tertiary/aromatic N) is 2. The van der Waals surface area contributed by atoms with E-state index in [1.54, 1.807) is 12.3 Å². The van der Waals surface area contributed by atoms with Crippen LogP contribution in [0.3, 0.4) is 0 Å². The van der Waals surface area contributed by atoms with Gasteiger partial charge in [0.25, 0.3) is 0 Å². The van der Waals surface area contributed by atoms with Gasteiger partial charge in [-0.1, -0.05) is 30.3 Å². The van der Waals surface area contributed by atoms with Gasteiger partial charge in [0.1, 0.15) is 5.82 Å². The Morgan fingerprint density at radius 2 is 1.86 bits per heavy atom. The molecule has 2 heterocycles. The van der Waals surface area contributed by atoms with Crippen LogP contribution in [0.25, 0.3) is 6.08 Å². The van der Waals surface area contributed by atoms with E-state index in [0.29, 0.717) is 5.69 Å². The molecule has 2 N–H and O–H groups in total. The summed E-state index contributed by atoms with van der Waals surface area (Å²) in [6.07, 6.45) is 5.03. The molecule has 0 radical (unpaired) electrons. The van der Waals surface area contributed by atoms with Crippen molar-refractivity contribution in [2.45, 2.75) is 26.1 Å². The average Bonchev–Trinajstić information content (AvgIpc) is 2.71. The Bertz CT molecular complexity index is 842. The van der Waals surface area contributed by atoms with E-state index in [2.05, 4.69) is 20.5 Å². The molecule has 29 heavy (non-hydrogen) atoms. The smallest absolute Gasteiger partial charge is 0.244 e. The largest absolute Gasteiger partial charge is 0.372 e. The van der Waals surface area contributed by atoms with Crippen molar-refractivity contribution in [1.82, 2.24) is 10.3 Å². The molecule has 0 saturated carbocycles. The number of nitrogens with one attached hydrogen (secondary N) is 2. The normalized spacial score (nSPS) is 19.2. The number of carbonyl (C=O) groups excluding carboxylic acids is 2. The minimum atomic E-state index is -0.326. The SMILES string of the molecule is CC1CN(c2ccc(NC(=O)CNC(=O)/C=C/c3ccccc3)cn2)CC(C)O1. The maximum Gasteiger partial charge on any atom is 0.244 e. The topological polar surface area (TPSA) is 83.6 Å². The summed E-state index contributed by atoms with van der Waals surface area (Å²) in [5, 5.41) is 5.30. The summed E-state index contributed by atoms with van der Waals surface area (Å²) >= 11 is 0. The van der Waals surface area contributed by atoms with Crippen molar-refractivity contribution in [2.24, 2.45) is 0 Å². The molecule has 7 heteroatoms. The summed E-state index contributed by atoms with van der Waals surface area (Å²) in [5.74, 6) is 0.215. The third kappa shape index (κ3) is 6.43. The molecule has 2 unspecified atom stereocenters. The Morgan fingerprint density at radius 3 is 2.52 bits per heavy atom. The number of morpholine rings is 1. The zero-order chi connectivity index (χ0) is 20.6. The van der Waals surface area contributed by atoms with Crippen LogP contribution in [0.5, 0.6) is 0 Å². The van der Waals surface area contributed by atoms with Gasteiger partial charge in [0.05, 0.1) is 30.6 Å². The zero-order valence-electron chi connectivity index (χ0n) is 16.7. The molecule has 0 bridgehead atoms. The molecule has 0 spiro atoms. The van der Waals surface area contributed by atoms with E-state index in [0.717, 1.165) is 24.5 Å². The van der Waals surface area contributed by atoms with Gasteiger partial charge in [0.15, 0.2) is 0 Å². The summed E-state index contributed by atoms with van der Waals surface area (Å²) in [4.78, 5) is 30.5. The van der Waals surface area contributed by atoms with Crippen LogP contribution in [0, 0.1) is 0 Å². The molecule has 1 aliphatic heterocycles. The molecule has 1 saturated heterocycles. The number of anilines is 2. The van der Waals surface area contributed by atoms with E-state index in [-0.39, 0.29) is 30.6 Å². The van der Waals surface area contributed by atoms with Crippen LogP contribution < -0.4 is 15.5 Å². The Labute approximate surface area is 170 Å². The molecule has 2 aromatic rings. The van der Waals surface area contributed by atoms with Gasteiger partial charge in [-0.2, -0.15) is 0 Å². The average molecular weight is 394 g/mol. The predicted molar refractivity (Wildman–Crippen MR) is 114 cm³/mol. The third-order valence-electron chi connectivity index (χ3n) is 4.43. The van der Waals surface area contributed by atoms with E-state index >= 15 is 0 Å². The van der Waals surface area contributed by atoms with Crippen LogP contribution in [0.4, 0.5) is 11.5 Å². The van der Waals surface area contributed by atoms with Crippen molar-refractivity contribution >= 4 is 29.4 Å². The van der Waals surface area contributed by atoms with Gasteiger partial charge in [0, 0.05) is 19.2 Å². The number of amides is 2. The molecule has 152 valence electrons. The van der Waals surface area contributed by atoms with E-state index in [1.165, 1.54) is 6.08 Å². The monoisotopic (exact) mass is 394 g/mol. The van der Waals surface area contributed by atoms with E-state index < -0.39 is 0 Å². The first-order chi connectivity index (χ1) is 14.0. The number of benzene rings is 1. The fourth-order valence-corrected chi connectivity index (χ4v) is 3.18. The molecular weight excluding hydrogens is 368 g/mol. The van der Waals surface area contributed by atoms with Crippen LogP contribution >= 0.6 is 0 Å². The van der Waals surface area contributed by atoms with E-state index in [9.17, 15) is 9.59 Å². The Hall–Kier alpha value is -3.19. The second kappa shape index (κ2) is 9.84. The van der Waals surface area contributed by atoms with Crippen molar-refractivity contribution in [2.75, 3.05) is 29.9 Å². The standard InChI is InChI=1S/C22H26N4O3/c1-16-14-26(15-17(2)29-16)20-10-9-19(12-23-20)25-22(28)13-24-21(27)11-8-18-6-4-3-5-7-18/h3-12,16-17H,13-15H2,1-2H3,(H,24,27)(H,25,28)/b11-8+. The molecule has 3 rings (SSSR count). The molecular formula is C22H26N4O3. The number of hydrogen-bond acceptors (Lipinski definition) is 5. The summed E-state index contributed by atoms with van der Waals surface area (Å²) in [6, 6.07) is 13.2.